The molecule has 1 N–H and O–H groups in total. The second-order valence-corrected chi connectivity index (χ2v) is 7.52. The number of nitrogens with one attached hydrogen (secondary N) is 1. The number of fused-ring (bicyclic) bond motifs is 1. The van der Waals surface area contributed by atoms with Crippen molar-refractivity contribution in [1.82, 2.24) is 9.88 Å². The number of hydrogen-bond acceptors (Lipinski definition) is 3. The van der Waals surface area contributed by atoms with Crippen LogP contribution in [0.1, 0.15) is 11.1 Å². The molecule has 4 amide bonds. The first-order valence-electron chi connectivity index (χ1n) is 8.58. The van der Waals surface area contributed by atoms with Crippen molar-refractivity contribution in [3.8, 4) is 0 Å². The molecule has 140 valence electrons. The number of hydrogen-bond donors (Lipinski definition) is 1. The second kappa shape index (κ2) is 6.76. The molecule has 0 unspecified atom stereocenters. The molecular weight excluding hydrogens is 422 g/mol. The molecule has 1 aliphatic rings. The van der Waals surface area contributed by atoms with Crippen molar-refractivity contribution in [3.05, 3.63) is 69.8 Å². The Morgan fingerprint density at radius 1 is 1.07 bits per heavy atom. The molecule has 0 saturated carbocycles. The predicted octanol–water partition coefficient (Wildman–Crippen LogP) is 3.92. The van der Waals surface area contributed by atoms with Gasteiger partial charge in [-0.15, -0.1) is 0 Å². The van der Waals surface area contributed by atoms with E-state index in [0.717, 1.165) is 31.4 Å². The second-order valence-electron chi connectivity index (χ2n) is 6.60. The van der Waals surface area contributed by atoms with E-state index in [2.05, 4.69) is 21.2 Å². The number of urea groups is 1. The van der Waals surface area contributed by atoms with Crippen LogP contribution in [0.2, 0.25) is 0 Å². The Bertz CT molecular complexity index is 1190. The Morgan fingerprint density at radius 2 is 1.82 bits per heavy atom. The number of barbiturate groups is 1. The van der Waals surface area contributed by atoms with Crippen molar-refractivity contribution in [1.29, 1.82) is 0 Å². The van der Waals surface area contributed by atoms with Gasteiger partial charge in [0.2, 0.25) is 0 Å². The van der Waals surface area contributed by atoms with E-state index in [1.807, 2.05) is 42.1 Å². The number of imide groups is 2. The first-order chi connectivity index (χ1) is 13.4. The van der Waals surface area contributed by atoms with Crippen LogP contribution in [-0.4, -0.2) is 22.4 Å². The highest BCUT2D eigenvalue weighted by molar-refractivity contribution is 9.10. The highest BCUT2D eigenvalue weighted by atomic mass is 79.9. The van der Waals surface area contributed by atoms with Gasteiger partial charge in [0.25, 0.3) is 11.8 Å². The molecule has 4 rings (SSSR count). The van der Waals surface area contributed by atoms with Crippen LogP contribution >= 0.6 is 15.9 Å². The first kappa shape index (κ1) is 18.2. The highest BCUT2D eigenvalue weighted by Crippen LogP contribution is 2.29. The fourth-order valence-electron chi connectivity index (χ4n) is 3.39. The summed E-state index contributed by atoms with van der Waals surface area (Å²) < 4.78 is 2.76. The number of carbonyl (C=O) groups is 3. The number of carbonyl (C=O) groups excluding carboxylic acids is 3. The van der Waals surface area contributed by atoms with Gasteiger partial charge >= 0.3 is 6.03 Å². The maximum Gasteiger partial charge on any atom is 0.335 e. The fraction of sp³-hybridized carbons (Fsp3) is 0.0952. The van der Waals surface area contributed by atoms with Crippen LogP contribution in [-0.2, 0) is 16.6 Å². The Kier molecular flexibility index (Phi) is 4.39. The maximum atomic E-state index is 13.1. The van der Waals surface area contributed by atoms with Crippen LogP contribution in [0.3, 0.4) is 0 Å². The maximum absolute atomic E-state index is 13.1. The summed E-state index contributed by atoms with van der Waals surface area (Å²) in [5, 5.41) is 3.18. The Morgan fingerprint density at radius 3 is 2.57 bits per heavy atom. The third kappa shape index (κ3) is 2.93. The lowest BCUT2D eigenvalue weighted by Gasteiger charge is -2.27. The number of halogens is 1. The van der Waals surface area contributed by atoms with Crippen molar-refractivity contribution in [3.63, 3.8) is 0 Å². The summed E-state index contributed by atoms with van der Waals surface area (Å²) in [7, 11) is 1.90. The topological polar surface area (TPSA) is 71.4 Å². The van der Waals surface area contributed by atoms with E-state index < -0.39 is 17.8 Å². The average molecular weight is 438 g/mol. The minimum absolute atomic E-state index is 0.0849. The molecule has 2 heterocycles. The molecule has 0 atom stereocenters. The monoisotopic (exact) mass is 437 g/mol. The van der Waals surface area contributed by atoms with Gasteiger partial charge in [-0.1, -0.05) is 34.1 Å². The summed E-state index contributed by atoms with van der Waals surface area (Å²) in [6.45, 7) is 1.80. The van der Waals surface area contributed by atoms with Crippen molar-refractivity contribution < 1.29 is 14.4 Å². The Balaban J connectivity index is 1.82. The fourth-order valence-corrected chi connectivity index (χ4v) is 3.87. The van der Waals surface area contributed by atoms with Gasteiger partial charge in [0, 0.05) is 34.2 Å². The number of rotatable bonds is 2. The molecular formula is C21H16BrN3O3. The van der Waals surface area contributed by atoms with E-state index in [9.17, 15) is 14.4 Å². The normalized spacial score (nSPS) is 16.2. The van der Waals surface area contributed by atoms with Crippen molar-refractivity contribution >= 4 is 56.4 Å². The Hall–Kier alpha value is -3.19. The zero-order valence-electron chi connectivity index (χ0n) is 15.2. The van der Waals surface area contributed by atoms with Gasteiger partial charge in [0.1, 0.15) is 5.57 Å². The number of amides is 4. The first-order valence-corrected chi connectivity index (χ1v) is 9.38. The van der Waals surface area contributed by atoms with Gasteiger partial charge in [0.15, 0.2) is 0 Å². The lowest BCUT2D eigenvalue weighted by atomic mass is 10.1. The minimum Gasteiger partial charge on any atom is -0.350 e. The number of anilines is 1. The summed E-state index contributed by atoms with van der Waals surface area (Å²) in [6.07, 6.45) is 3.39. The van der Waals surface area contributed by atoms with Crippen LogP contribution in [0.15, 0.2) is 58.7 Å². The standard InChI is InChI=1S/C21H16BrN3O3/c1-12-9-14(22)7-8-17(12)25-20(27)16(19(26)23-21(25)28)10-13-11-24(2)18-6-4-3-5-15(13)18/h3-11H,1-2H3,(H,23,26,28). The molecule has 1 saturated heterocycles. The van der Waals surface area contributed by atoms with Crippen LogP contribution < -0.4 is 10.2 Å². The summed E-state index contributed by atoms with van der Waals surface area (Å²) in [5.41, 5.74) is 2.80. The molecule has 28 heavy (non-hydrogen) atoms. The number of para-hydroxylation sites is 1. The molecule has 1 fully saturated rings. The van der Waals surface area contributed by atoms with Gasteiger partial charge in [-0.2, -0.15) is 0 Å². The van der Waals surface area contributed by atoms with E-state index in [0.29, 0.717) is 5.69 Å². The van der Waals surface area contributed by atoms with Gasteiger partial charge in [-0.3, -0.25) is 14.9 Å². The molecule has 1 aromatic heterocycles. The van der Waals surface area contributed by atoms with E-state index in [4.69, 9.17) is 0 Å². The van der Waals surface area contributed by atoms with E-state index in [1.54, 1.807) is 25.1 Å². The number of aromatic nitrogens is 1. The quantitative estimate of drug-likeness (QED) is 0.487. The summed E-state index contributed by atoms with van der Waals surface area (Å²) >= 11 is 3.37. The average Bonchev–Trinajstić information content (AvgIpc) is 2.96. The summed E-state index contributed by atoms with van der Waals surface area (Å²) in [6, 6.07) is 12.2. The van der Waals surface area contributed by atoms with Crippen molar-refractivity contribution in [2.45, 2.75) is 6.92 Å². The largest absolute Gasteiger partial charge is 0.350 e. The highest BCUT2D eigenvalue weighted by Gasteiger charge is 2.37. The molecule has 0 bridgehead atoms. The van der Waals surface area contributed by atoms with Gasteiger partial charge in [-0.05, 0) is 42.8 Å². The number of aryl methyl sites for hydroxylation is 2. The molecule has 0 aliphatic carbocycles. The van der Waals surface area contributed by atoms with Crippen LogP contribution in [0, 0.1) is 6.92 Å². The zero-order valence-corrected chi connectivity index (χ0v) is 16.8. The molecule has 7 heteroatoms. The van der Waals surface area contributed by atoms with Gasteiger partial charge in [0.05, 0.1) is 5.69 Å². The van der Waals surface area contributed by atoms with Crippen LogP contribution in [0.5, 0.6) is 0 Å². The molecule has 2 aromatic carbocycles. The molecule has 0 spiro atoms. The smallest absolute Gasteiger partial charge is 0.335 e. The molecule has 6 nitrogen and oxygen atoms in total. The lowest BCUT2D eigenvalue weighted by molar-refractivity contribution is -0.122. The lowest BCUT2D eigenvalue weighted by Crippen LogP contribution is -2.54. The zero-order chi connectivity index (χ0) is 20.0. The number of benzene rings is 2. The van der Waals surface area contributed by atoms with E-state index in [1.165, 1.54) is 6.08 Å². The SMILES string of the molecule is Cc1cc(Br)ccc1N1C(=O)NC(=O)C(=Cc2cn(C)c3ccccc23)C1=O. The molecule has 0 radical (unpaired) electrons. The molecule has 3 aromatic rings. The van der Waals surface area contributed by atoms with Crippen LogP contribution in [0.25, 0.3) is 17.0 Å². The predicted molar refractivity (Wildman–Crippen MR) is 111 cm³/mol. The van der Waals surface area contributed by atoms with Crippen LogP contribution in [0.4, 0.5) is 10.5 Å². The minimum atomic E-state index is -0.754. The summed E-state index contributed by atoms with van der Waals surface area (Å²) in [5.74, 6) is -1.35. The van der Waals surface area contributed by atoms with E-state index in [-0.39, 0.29) is 5.57 Å². The molecule has 1 aliphatic heterocycles. The van der Waals surface area contributed by atoms with Crippen molar-refractivity contribution in [2.75, 3.05) is 4.90 Å². The Labute approximate surface area is 169 Å². The van der Waals surface area contributed by atoms with Gasteiger partial charge in [-0.25, -0.2) is 9.69 Å². The van der Waals surface area contributed by atoms with Crippen molar-refractivity contribution in [2.24, 2.45) is 7.05 Å². The number of nitrogens with zero attached hydrogens (tertiary/aromatic N) is 2. The third-order valence-electron chi connectivity index (χ3n) is 4.73. The van der Waals surface area contributed by atoms with E-state index >= 15 is 0 Å². The summed E-state index contributed by atoms with van der Waals surface area (Å²) in [4.78, 5) is 38.9. The van der Waals surface area contributed by atoms with Gasteiger partial charge < -0.3 is 4.57 Å². The third-order valence-corrected chi connectivity index (χ3v) is 5.22.